The average molecular weight is 486 g/mol. The molecule has 1 amide bonds. The summed E-state index contributed by atoms with van der Waals surface area (Å²) in [5, 5.41) is 1.73. The Kier molecular flexibility index (Phi) is 5.94. The standard InChI is InChI=1S/C24H24FN3O3S2/c25-20-8-3-4-9-21(20)26-11-13-27(14-12-26)24(29)22-16-18-6-1-2-7-19(18)17-28(22)33(30,31)23-10-5-15-32-23/h1-10,15,22H,11-14,16-17H2. The minimum atomic E-state index is -3.81. The summed E-state index contributed by atoms with van der Waals surface area (Å²) >= 11 is 1.16. The van der Waals surface area contributed by atoms with Gasteiger partial charge in [-0.25, -0.2) is 12.8 Å². The van der Waals surface area contributed by atoms with Crippen molar-refractivity contribution in [3.8, 4) is 0 Å². The van der Waals surface area contributed by atoms with E-state index in [1.807, 2.05) is 29.2 Å². The lowest BCUT2D eigenvalue weighted by atomic mass is 9.95. The highest BCUT2D eigenvalue weighted by molar-refractivity contribution is 7.91. The second kappa shape index (κ2) is 8.89. The van der Waals surface area contributed by atoms with E-state index in [4.69, 9.17) is 0 Å². The van der Waals surface area contributed by atoms with Crippen molar-refractivity contribution in [1.29, 1.82) is 0 Å². The third-order valence-electron chi connectivity index (χ3n) is 6.33. The molecule has 0 aliphatic carbocycles. The molecule has 2 aliphatic heterocycles. The molecule has 172 valence electrons. The van der Waals surface area contributed by atoms with Crippen LogP contribution in [0.15, 0.2) is 70.3 Å². The van der Waals surface area contributed by atoms with Crippen molar-refractivity contribution in [2.75, 3.05) is 31.1 Å². The Morgan fingerprint density at radius 1 is 0.909 bits per heavy atom. The minimum absolute atomic E-state index is 0.169. The van der Waals surface area contributed by atoms with E-state index in [1.165, 1.54) is 10.4 Å². The maximum Gasteiger partial charge on any atom is 0.253 e. The van der Waals surface area contributed by atoms with Gasteiger partial charge in [0.15, 0.2) is 0 Å². The number of amides is 1. The highest BCUT2D eigenvalue weighted by atomic mass is 32.2. The van der Waals surface area contributed by atoms with Crippen molar-refractivity contribution in [1.82, 2.24) is 9.21 Å². The van der Waals surface area contributed by atoms with E-state index in [0.29, 0.717) is 38.3 Å². The second-order valence-corrected chi connectivity index (χ2v) is 11.3. The zero-order valence-corrected chi connectivity index (χ0v) is 19.6. The average Bonchev–Trinajstić information content (AvgIpc) is 3.39. The van der Waals surface area contributed by atoms with Crippen molar-refractivity contribution < 1.29 is 17.6 Å². The Morgan fingerprint density at radius 3 is 2.30 bits per heavy atom. The van der Waals surface area contributed by atoms with Gasteiger partial charge in [0.2, 0.25) is 5.91 Å². The molecule has 6 nitrogen and oxygen atoms in total. The molecular weight excluding hydrogens is 461 g/mol. The van der Waals surface area contributed by atoms with E-state index >= 15 is 0 Å². The number of fused-ring (bicyclic) bond motifs is 1. The predicted molar refractivity (Wildman–Crippen MR) is 126 cm³/mol. The molecule has 0 saturated carbocycles. The first kappa shape index (κ1) is 22.1. The molecular formula is C24H24FN3O3S2. The molecule has 1 unspecified atom stereocenters. The molecule has 33 heavy (non-hydrogen) atoms. The number of nitrogens with zero attached hydrogens (tertiary/aromatic N) is 3. The lowest BCUT2D eigenvalue weighted by Gasteiger charge is -2.41. The smallest absolute Gasteiger partial charge is 0.253 e. The van der Waals surface area contributed by atoms with Gasteiger partial charge < -0.3 is 9.80 Å². The number of thiophene rings is 1. The molecule has 1 fully saturated rings. The summed E-state index contributed by atoms with van der Waals surface area (Å²) in [7, 11) is -3.81. The van der Waals surface area contributed by atoms with E-state index in [1.54, 1.807) is 40.6 Å². The number of sulfonamides is 1. The molecule has 3 heterocycles. The monoisotopic (exact) mass is 485 g/mol. The molecule has 0 N–H and O–H groups in total. The molecule has 3 aromatic rings. The summed E-state index contributed by atoms with van der Waals surface area (Å²) in [6.45, 7) is 1.99. The summed E-state index contributed by atoms with van der Waals surface area (Å²) in [4.78, 5) is 17.3. The second-order valence-electron chi connectivity index (χ2n) is 8.23. The third kappa shape index (κ3) is 4.16. The number of anilines is 1. The number of carbonyl (C=O) groups excluding carboxylic acids is 1. The molecule has 9 heteroatoms. The highest BCUT2D eigenvalue weighted by Gasteiger charge is 2.42. The fraction of sp³-hybridized carbons (Fsp3) is 0.292. The van der Waals surface area contributed by atoms with Gasteiger partial charge in [-0.3, -0.25) is 4.79 Å². The van der Waals surface area contributed by atoms with Crippen LogP contribution in [0.25, 0.3) is 0 Å². The number of carbonyl (C=O) groups is 1. The fourth-order valence-electron chi connectivity index (χ4n) is 4.57. The van der Waals surface area contributed by atoms with Crippen LogP contribution in [-0.4, -0.2) is 55.8 Å². The first-order valence-corrected chi connectivity index (χ1v) is 13.2. The lowest BCUT2D eigenvalue weighted by Crippen LogP contribution is -2.57. The molecule has 1 aromatic heterocycles. The highest BCUT2D eigenvalue weighted by Crippen LogP contribution is 2.32. The van der Waals surface area contributed by atoms with E-state index in [9.17, 15) is 17.6 Å². The Balaban J connectivity index is 1.39. The summed E-state index contributed by atoms with van der Waals surface area (Å²) in [6.07, 6.45) is 0.340. The Labute approximate surface area is 196 Å². The summed E-state index contributed by atoms with van der Waals surface area (Å²) in [6, 6.07) is 16.8. The van der Waals surface area contributed by atoms with Crippen LogP contribution in [-0.2, 0) is 27.8 Å². The quantitative estimate of drug-likeness (QED) is 0.569. The van der Waals surface area contributed by atoms with Crippen molar-refractivity contribution in [2.24, 2.45) is 0 Å². The first-order valence-electron chi connectivity index (χ1n) is 10.9. The topological polar surface area (TPSA) is 60.9 Å². The van der Waals surface area contributed by atoms with Gasteiger partial charge in [0, 0.05) is 32.7 Å². The van der Waals surface area contributed by atoms with Crippen molar-refractivity contribution in [2.45, 2.75) is 23.2 Å². The van der Waals surface area contributed by atoms with Crippen LogP contribution in [0.1, 0.15) is 11.1 Å². The van der Waals surface area contributed by atoms with Crippen LogP contribution >= 0.6 is 11.3 Å². The number of halogens is 1. The fourth-order valence-corrected chi connectivity index (χ4v) is 7.25. The number of rotatable bonds is 4. The van der Waals surface area contributed by atoms with E-state index < -0.39 is 16.1 Å². The molecule has 0 radical (unpaired) electrons. The van der Waals surface area contributed by atoms with Crippen LogP contribution in [0.3, 0.4) is 0 Å². The van der Waals surface area contributed by atoms with E-state index in [2.05, 4.69) is 0 Å². The molecule has 0 spiro atoms. The van der Waals surface area contributed by atoms with Gasteiger partial charge in [-0.1, -0.05) is 42.5 Å². The molecule has 0 bridgehead atoms. The maximum atomic E-state index is 14.2. The van der Waals surface area contributed by atoms with Crippen LogP contribution in [0.5, 0.6) is 0 Å². The molecule has 1 saturated heterocycles. The predicted octanol–water partition coefficient (Wildman–Crippen LogP) is 3.35. The maximum absolute atomic E-state index is 14.2. The van der Waals surface area contributed by atoms with Gasteiger partial charge in [0.05, 0.1) is 5.69 Å². The number of piperazine rings is 1. The summed E-state index contributed by atoms with van der Waals surface area (Å²) in [5.74, 6) is -0.479. The van der Waals surface area contributed by atoms with Crippen LogP contribution in [0, 0.1) is 5.82 Å². The Morgan fingerprint density at radius 2 is 1.61 bits per heavy atom. The normalized spacial score (nSPS) is 19.4. The molecule has 1 atom stereocenters. The van der Waals surface area contributed by atoms with E-state index in [0.717, 1.165) is 22.5 Å². The van der Waals surface area contributed by atoms with E-state index in [-0.39, 0.29) is 22.5 Å². The summed E-state index contributed by atoms with van der Waals surface area (Å²) in [5.41, 5.74) is 2.45. The van der Waals surface area contributed by atoms with Crippen LogP contribution in [0.4, 0.5) is 10.1 Å². The van der Waals surface area contributed by atoms with Gasteiger partial charge in [-0.05, 0) is 41.1 Å². The van der Waals surface area contributed by atoms with Gasteiger partial charge in [0.25, 0.3) is 10.0 Å². The Bertz CT molecular complexity index is 1260. The largest absolute Gasteiger partial charge is 0.366 e. The Hall–Kier alpha value is -2.75. The van der Waals surface area contributed by atoms with Crippen LogP contribution in [0.2, 0.25) is 0 Å². The summed E-state index contributed by atoms with van der Waals surface area (Å²) < 4.78 is 42.7. The third-order valence-corrected chi connectivity index (χ3v) is 9.56. The first-order chi connectivity index (χ1) is 15.9. The van der Waals surface area contributed by atoms with Crippen molar-refractivity contribution >= 4 is 33.0 Å². The van der Waals surface area contributed by atoms with Crippen LogP contribution < -0.4 is 4.90 Å². The van der Waals surface area contributed by atoms with Crippen molar-refractivity contribution in [3.05, 3.63) is 83.0 Å². The molecule has 5 rings (SSSR count). The van der Waals surface area contributed by atoms with Crippen molar-refractivity contribution in [3.63, 3.8) is 0 Å². The number of hydrogen-bond acceptors (Lipinski definition) is 5. The van der Waals surface area contributed by atoms with Gasteiger partial charge in [-0.15, -0.1) is 11.3 Å². The lowest BCUT2D eigenvalue weighted by molar-refractivity contribution is -0.136. The number of benzene rings is 2. The zero-order valence-electron chi connectivity index (χ0n) is 17.9. The van der Waals surface area contributed by atoms with Gasteiger partial charge in [-0.2, -0.15) is 4.31 Å². The minimum Gasteiger partial charge on any atom is -0.366 e. The SMILES string of the molecule is O=C(C1Cc2ccccc2CN1S(=O)(=O)c1cccs1)N1CCN(c2ccccc2F)CC1. The van der Waals surface area contributed by atoms with Gasteiger partial charge in [0.1, 0.15) is 16.1 Å². The number of hydrogen-bond donors (Lipinski definition) is 0. The molecule has 2 aromatic carbocycles. The zero-order chi connectivity index (χ0) is 23.0. The van der Waals surface area contributed by atoms with Gasteiger partial charge >= 0.3 is 0 Å². The number of para-hydroxylation sites is 1. The molecule has 2 aliphatic rings.